The Labute approximate surface area is 163 Å². The average Bonchev–Trinajstić information content (AvgIpc) is 2.87. The van der Waals surface area contributed by atoms with E-state index in [9.17, 15) is 0 Å². The Morgan fingerprint density at radius 2 is 2.04 bits per heavy atom. The van der Waals surface area contributed by atoms with E-state index in [2.05, 4.69) is 55.6 Å². The van der Waals surface area contributed by atoms with Crippen molar-refractivity contribution in [2.24, 2.45) is 12.0 Å². The normalized spacial score (nSPS) is 12.8. The lowest BCUT2D eigenvalue weighted by molar-refractivity contribution is 0.411. The summed E-state index contributed by atoms with van der Waals surface area (Å²) in [5, 5.41) is 11.4. The van der Waals surface area contributed by atoms with E-state index in [1.807, 2.05) is 24.7 Å². The SMILES string of the molecule is CCNC(=NCc1ccc(C)c(OC)c1)NC(C)Cc1c(C)nn(C)c1C. The van der Waals surface area contributed by atoms with Gasteiger partial charge in [-0.2, -0.15) is 5.10 Å². The number of aryl methyl sites for hydroxylation is 3. The minimum atomic E-state index is 0.247. The first-order chi connectivity index (χ1) is 12.8. The van der Waals surface area contributed by atoms with Crippen molar-refractivity contribution in [1.82, 2.24) is 20.4 Å². The Balaban J connectivity index is 2.06. The standard InChI is InChI=1S/C21H33N5O/c1-8-22-21(23-13-18-10-9-14(2)20(12-18)27-7)24-15(3)11-19-16(4)25-26(6)17(19)5/h9-10,12,15H,8,11,13H2,1-7H3,(H2,22,23,24). The lowest BCUT2D eigenvalue weighted by Crippen LogP contribution is -2.43. The van der Waals surface area contributed by atoms with Gasteiger partial charge in [0, 0.05) is 25.3 Å². The van der Waals surface area contributed by atoms with Gasteiger partial charge < -0.3 is 15.4 Å². The molecule has 0 aliphatic carbocycles. The largest absolute Gasteiger partial charge is 0.496 e. The van der Waals surface area contributed by atoms with Crippen LogP contribution in [0.2, 0.25) is 0 Å². The zero-order valence-corrected chi connectivity index (χ0v) is 17.7. The van der Waals surface area contributed by atoms with Crippen LogP contribution in [0.1, 0.15) is 41.9 Å². The summed E-state index contributed by atoms with van der Waals surface area (Å²) in [5.41, 5.74) is 5.87. The van der Waals surface area contributed by atoms with E-state index in [1.54, 1.807) is 7.11 Å². The lowest BCUT2D eigenvalue weighted by Gasteiger charge is -2.18. The Morgan fingerprint density at radius 3 is 2.63 bits per heavy atom. The minimum Gasteiger partial charge on any atom is -0.496 e. The van der Waals surface area contributed by atoms with Gasteiger partial charge in [-0.3, -0.25) is 4.68 Å². The van der Waals surface area contributed by atoms with Crippen LogP contribution in [0.25, 0.3) is 0 Å². The van der Waals surface area contributed by atoms with Gasteiger partial charge >= 0.3 is 0 Å². The number of rotatable bonds is 7. The zero-order chi connectivity index (χ0) is 20.0. The molecular weight excluding hydrogens is 338 g/mol. The molecule has 0 saturated heterocycles. The second-order valence-corrected chi connectivity index (χ2v) is 7.02. The molecule has 148 valence electrons. The second kappa shape index (κ2) is 9.44. The highest BCUT2D eigenvalue weighted by Crippen LogP contribution is 2.19. The van der Waals surface area contributed by atoms with Crippen molar-refractivity contribution >= 4 is 5.96 Å². The molecule has 0 aliphatic heterocycles. The predicted octanol–water partition coefficient (Wildman–Crippen LogP) is 3.04. The lowest BCUT2D eigenvalue weighted by atomic mass is 10.1. The first-order valence-electron chi connectivity index (χ1n) is 9.53. The van der Waals surface area contributed by atoms with Gasteiger partial charge in [0.25, 0.3) is 0 Å². The molecule has 0 radical (unpaired) electrons. The third-order valence-corrected chi connectivity index (χ3v) is 4.79. The molecule has 1 unspecified atom stereocenters. The van der Waals surface area contributed by atoms with Crippen molar-refractivity contribution in [2.45, 2.75) is 53.6 Å². The number of nitrogens with one attached hydrogen (secondary N) is 2. The van der Waals surface area contributed by atoms with Gasteiger partial charge in [0.15, 0.2) is 5.96 Å². The quantitative estimate of drug-likeness (QED) is 0.580. The number of hydrogen-bond donors (Lipinski definition) is 2. The second-order valence-electron chi connectivity index (χ2n) is 7.02. The summed E-state index contributed by atoms with van der Waals surface area (Å²) in [4.78, 5) is 4.74. The fraction of sp³-hybridized carbons (Fsp3) is 0.524. The molecule has 1 aromatic heterocycles. The van der Waals surface area contributed by atoms with Gasteiger partial charge in [-0.05, 0) is 63.8 Å². The molecule has 0 saturated carbocycles. The maximum atomic E-state index is 5.41. The van der Waals surface area contributed by atoms with Crippen LogP contribution in [0.4, 0.5) is 0 Å². The summed E-state index contributed by atoms with van der Waals surface area (Å²) in [6.07, 6.45) is 0.911. The number of aliphatic imine (C=N–C) groups is 1. The van der Waals surface area contributed by atoms with Crippen LogP contribution in [0.5, 0.6) is 5.75 Å². The number of ether oxygens (including phenoxy) is 1. The molecule has 0 spiro atoms. The number of guanidine groups is 1. The van der Waals surface area contributed by atoms with Gasteiger partial charge in [-0.1, -0.05) is 12.1 Å². The molecule has 2 N–H and O–H groups in total. The monoisotopic (exact) mass is 371 g/mol. The van der Waals surface area contributed by atoms with E-state index in [4.69, 9.17) is 9.73 Å². The molecule has 0 aliphatic rings. The molecule has 1 heterocycles. The highest BCUT2D eigenvalue weighted by atomic mass is 16.5. The van der Waals surface area contributed by atoms with E-state index in [-0.39, 0.29) is 6.04 Å². The number of methoxy groups -OCH3 is 1. The molecule has 1 aromatic carbocycles. The fourth-order valence-corrected chi connectivity index (χ4v) is 3.16. The van der Waals surface area contributed by atoms with E-state index >= 15 is 0 Å². The van der Waals surface area contributed by atoms with Crippen LogP contribution in [0.15, 0.2) is 23.2 Å². The van der Waals surface area contributed by atoms with Gasteiger partial charge in [0.1, 0.15) is 5.75 Å². The average molecular weight is 372 g/mol. The highest BCUT2D eigenvalue weighted by molar-refractivity contribution is 5.80. The third-order valence-electron chi connectivity index (χ3n) is 4.79. The van der Waals surface area contributed by atoms with Crippen molar-refractivity contribution in [2.75, 3.05) is 13.7 Å². The summed E-state index contributed by atoms with van der Waals surface area (Å²) >= 11 is 0. The van der Waals surface area contributed by atoms with Crippen LogP contribution in [0, 0.1) is 20.8 Å². The van der Waals surface area contributed by atoms with Crippen molar-refractivity contribution in [3.63, 3.8) is 0 Å². The topological polar surface area (TPSA) is 63.5 Å². The van der Waals surface area contributed by atoms with Crippen molar-refractivity contribution in [3.05, 3.63) is 46.3 Å². The first kappa shape index (κ1) is 20.8. The van der Waals surface area contributed by atoms with Gasteiger partial charge in [0.05, 0.1) is 19.3 Å². The van der Waals surface area contributed by atoms with Crippen LogP contribution >= 0.6 is 0 Å². The number of hydrogen-bond acceptors (Lipinski definition) is 3. The Bertz CT molecular complexity index is 794. The van der Waals surface area contributed by atoms with E-state index in [1.165, 1.54) is 11.3 Å². The molecule has 6 nitrogen and oxygen atoms in total. The van der Waals surface area contributed by atoms with E-state index in [0.717, 1.165) is 41.5 Å². The number of benzene rings is 1. The summed E-state index contributed by atoms with van der Waals surface area (Å²) in [7, 11) is 3.69. The molecule has 6 heteroatoms. The maximum absolute atomic E-state index is 5.41. The first-order valence-corrected chi connectivity index (χ1v) is 9.53. The van der Waals surface area contributed by atoms with Crippen LogP contribution in [-0.4, -0.2) is 35.4 Å². The number of nitrogens with zero attached hydrogens (tertiary/aromatic N) is 3. The molecule has 1 atom stereocenters. The van der Waals surface area contributed by atoms with Crippen molar-refractivity contribution < 1.29 is 4.74 Å². The minimum absolute atomic E-state index is 0.247. The summed E-state index contributed by atoms with van der Waals surface area (Å²) < 4.78 is 7.35. The summed E-state index contributed by atoms with van der Waals surface area (Å²) in [6, 6.07) is 6.46. The molecule has 0 fully saturated rings. The van der Waals surface area contributed by atoms with Crippen LogP contribution in [0.3, 0.4) is 0 Å². The van der Waals surface area contributed by atoms with Gasteiger partial charge in [-0.15, -0.1) is 0 Å². The van der Waals surface area contributed by atoms with Crippen LogP contribution in [-0.2, 0) is 20.0 Å². The van der Waals surface area contributed by atoms with Gasteiger partial charge in [-0.25, -0.2) is 4.99 Å². The summed E-state index contributed by atoms with van der Waals surface area (Å²) in [6.45, 7) is 11.9. The Morgan fingerprint density at radius 1 is 1.30 bits per heavy atom. The van der Waals surface area contributed by atoms with Crippen LogP contribution < -0.4 is 15.4 Å². The molecule has 0 bridgehead atoms. The molecule has 2 aromatic rings. The highest BCUT2D eigenvalue weighted by Gasteiger charge is 2.14. The maximum Gasteiger partial charge on any atom is 0.191 e. The third kappa shape index (κ3) is 5.49. The predicted molar refractivity (Wildman–Crippen MR) is 112 cm³/mol. The zero-order valence-electron chi connectivity index (χ0n) is 17.7. The molecule has 2 rings (SSSR count). The molecule has 0 amide bonds. The smallest absolute Gasteiger partial charge is 0.191 e. The fourth-order valence-electron chi connectivity index (χ4n) is 3.16. The molecular formula is C21H33N5O. The van der Waals surface area contributed by atoms with Crippen molar-refractivity contribution in [3.8, 4) is 5.75 Å². The Kier molecular flexibility index (Phi) is 7.28. The van der Waals surface area contributed by atoms with Gasteiger partial charge in [0.2, 0.25) is 0 Å². The molecule has 27 heavy (non-hydrogen) atoms. The van der Waals surface area contributed by atoms with E-state index in [0.29, 0.717) is 6.54 Å². The summed E-state index contributed by atoms with van der Waals surface area (Å²) in [5.74, 6) is 1.72. The Hall–Kier alpha value is -2.50. The van der Waals surface area contributed by atoms with E-state index < -0.39 is 0 Å². The number of aromatic nitrogens is 2. The van der Waals surface area contributed by atoms with Crippen molar-refractivity contribution in [1.29, 1.82) is 0 Å².